The molecule has 0 aliphatic carbocycles. The van der Waals surface area contributed by atoms with E-state index in [0.29, 0.717) is 32.2 Å². The van der Waals surface area contributed by atoms with Crippen LogP contribution in [0.1, 0.15) is 12.5 Å². The predicted octanol–water partition coefficient (Wildman–Crippen LogP) is 2.84. The number of aliphatic imine (C=N–C) groups is 2. The monoisotopic (exact) mass is 406 g/mol. The Morgan fingerprint density at radius 2 is 1.90 bits per heavy atom. The van der Waals surface area contributed by atoms with Crippen LogP contribution in [0.25, 0.3) is 0 Å². The van der Waals surface area contributed by atoms with Crippen LogP contribution in [-0.2, 0) is 6.18 Å². The number of alkyl halides is 3. The largest absolute Gasteiger partial charge is 0.418 e. The summed E-state index contributed by atoms with van der Waals surface area (Å²) in [6.45, 7) is 4.67. The number of carbonyl (C=O) groups is 1. The van der Waals surface area contributed by atoms with E-state index >= 15 is 0 Å². The first-order valence-corrected chi connectivity index (χ1v) is 9.39. The Labute approximate surface area is 166 Å². The van der Waals surface area contributed by atoms with Crippen LogP contribution < -0.4 is 5.32 Å². The average molecular weight is 406 g/mol. The number of nitrogens with one attached hydrogen (secondary N) is 1. The number of fused-ring (bicyclic) bond motifs is 1. The normalized spacial score (nSPS) is 21.7. The number of amides is 2. The van der Waals surface area contributed by atoms with Crippen molar-refractivity contribution in [3.8, 4) is 0 Å². The van der Waals surface area contributed by atoms with E-state index in [1.807, 2.05) is 15.9 Å². The number of piperazine rings is 1. The minimum atomic E-state index is -4.53. The summed E-state index contributed by atoms with van der Waals surface area (Å²) in [4.78, 5) is 27.0. The maximum Gasteiger partial charge on any atom is 0.418 e. The molecular formula is C19H21F3N6O. The second kappa shape index (κ2) is 7.41. The summed E-state index contributed by atoms with van der Waals surface area (Å²) in [5, 5.41) is 2.39. The molecule has 3 aliphatic heterocycles. The third kappa shape index (κ3) is 3.92. The summed E-state index contributed by atoms with van der Waals surface area (Å²) in [6, 6.07) is 4.73. The van der Waals surface area contributed by atoms with Gasteiger partial charge in [0.15, 0.2) is 0 Å². The van der Waals surface area contributed by atoms with E-state index in [2.05, 4.69) is 22.2 Å². The zero-order chi connectivity index (χ0) is 20.6. The van der Waals surface area contributed by atoms with Crippen molar-refractivity contribution in [2.75, 3.05) is 38.0 Å². The second-order valence-electron chi connectivity index (χ2n) is 7.15. The van der Waals surface area contributed by atoms with Crippen LogP contribution in [0.3, 0.4) is 0 Å². The van der Waals surface area contributed by atoms with Crippen molar-refractivity contribution in [1.29, 1.82) is 0 Å². The number of halogens is 3. The molecule has 0 unspecified atom stereocenters. The molecular weight excluding hydrogens is 385 g/mol. The number of rotatable bonds is 2. The SMILES string of the molecule is C[C@H]1CN=C2C=C(N3CCN(C(=O)Nc4ccccc4C(F)(F)F)CC3)N=CN21. The first-order valence-electron chi connectivity index (χ1n) is 9.39. The van der Waals surface area contributed by atoms with Crippen molar-refractivity contribution in [3.63, 3.8) is 0 Å². The minimum absolute atomic E-state index is 0.236. The molecule has 1 atom stereocenters. The van der Waals surface area contributed by atoms with Gasteiger partial charge in [0.1, 0.15) is 11.7 Å². The molecule has 0 saturated carbocycles. The molecule has 1 saturated heterocycles. The first kappa shape index (κ1) is 19.3. The van der Waals surface area contributed by atoms with E-state index in [4.69, 9.17) is 0 Å². The number of benzene rings is 1. The van der Waals surface area contributed by atoms with Gasteiger partial charge in [-0.2, -0.15) is 13.2 Å². The van der Waals surface area contributed by atoms with Crippen LogP contribution in [0, 0.1) is 0 Å². The third-order valence-corrected chi connectivity index (χ3v) is 5.19. The lowest BCUT2D eigenvalue weighted by Gasteiger charge is -2.37. The maximum absolute atomic E-state index is 13.1. The van der Waals surface area contributed by atoms with Gasteiger partial charge in [-0.05, 0) is 19.1 Å². The van der Waals surface area contributed by atoms with Gasteiger partial charge in [0.2, 0.25) is 0 Å². The molecule has 3 aliphatic rings. The van der Waals surface area contributed by atoms with Gasteiger partial charge in [0, 0.05) is 32.3 Å². The smallest absolute Gasteiger partial charge is 0.353 e. The highest BCUT2D eigenvalue weighted by Crippen LogP contribution is 2.34. The van der Waals surface area contributed by atoms with Crippen LogP contribution in [0.15, 0.2) is 46.1 Å². The molecule has 29 heavy (non-hydrogen) atoms. The molecule has 0 bridgehead atoms. The molecule has 1 aromatic carbocycles. The van der Waals surface area contributed by atoms with Crippen LogP contribution in [0.4, 0.5) is 23.7 Å². The van der Waals surface area contributed by atoms with E-state index in [1.165, 1.54) is 23.1 Å². The molecule has 0 spiro atoms. The molecule has 1 aromatic rings. The summed E-state index contributed by atoms with van der Waals surface area (Å²) in [6.07, 6.45) is -0.819. The fourth-order valence-electron chi connectivity index (χ4n) is 3.53. The summed E-state index contributed by atoms with van der Waals surface area (Å²) in [5.41, 5.74) is -1.09. The Morgan fingerprint density at radius 1 is 1.17 bits per heavy atom. The Bertz CT molecular complexity index is 886. The van der Waals surface area contributed by atoms with Crippen molar-refractivity contribution in [1.82, 2.24) is 14.7 Å². The average Bonchev–Trinajstić information content (AvgIpc) is 3.08. The number of hydrogen-bond acceptors (Lipinski definition) is 5. The Morgan fingerprint density at radius 3 is 2.62 bits per heavy atom. The van der Waals surface area contributed by atoms with Crippen molar-refractivity contribution < 1.29 is 18.0 Å². The Balaban J connectivity index is 1.37. The highest BCUT2D eigenvalue weighted by atomic mass is 19.4. The van der Waals surface area contributed by atoms with Crippen LogP contribution in [0.5, 0.6) is 0 Å². The number of urea groups is 1. The minimum Gasteiger partial charge on any atom is -0.353 e. The zero-order valence-electron chi connectivity index (χ0n) is 15.9. The van der Waals surface area contributed by atoms with E-state index in [0.717, 1.165) is 24.3 Å². The maximum atomic E-state index is 13.1. The van der Waals surface area contributed by atoms with Crippen molar-refractivity contribution in [2.45, 2.75) is 19.1 Å². The number of carbonyl (C=O) groups excluding carboxylic acids is 1. The van der Waals surface area contributed by atoms with E-state index in [-0.39, 0.29) is 5.69 Å². The number of nitrogens with zero attached hydrogens (tertiary/aromatic N) is 5. The van der Waals surface area contributed by atoms with Crippen LogP contribution in [-0.4, -0.2) is 71.7 Å². The number of para-hydroxylation sites is 1. The zero-order valence-corrected chi connectivity index (χ0v) is 15.9. The molecule has 4 rings (SSSR count). The highest BCUT2D eigenvalue weighted by molar-refractivity contribution is 6.03. The van der Waals surface area contributed by atoms with Gasteiger partial charge < -0.3 is 20.0 Å². The molecule has 154 valence electrons. The molecule has 0 radical (unpaired) electrons. The van der Waals surface area contributed by atoms with Crippen molar-refractivity contribution in [2.24, 2.45) is 9.98 Å². The molecule has 10 heteroatoms. The molecule has 1 fully saturated rings. The number of amidine groups is 1. The topological polar surface area (TPSA) is 63.5 Å². The van der Waals surface area contributed by atoms with E-state index < -0.39 is 17.8 Å². The summed E-state index contributed by atoms with van der Waals surface area (Å²) in [5.74, 6) is 1.67. The standard InChI is InChI=1S/C19H21F3N6O/c1-13-11-23-17-10-16(24-12-28(13)17)26-6-8-27(9-7-26)18(29)25-15-5-3-2-4-14(15)19(20,21)22/h2-5,10,12-13H,6-9,11H2,1H3,(H,25,29)/t13-/m0/s1. The lowest BCUT2D eigenvalue weighted by atomic mass is 10.1. The summed E-state index contributed by atoms with van der Waals surface area (Å²) >= 11 is 0. The summed E-state index contributed by atoms with van der Waals surface area (Å²) < 4.78 is 39.3. The predicted molar refractivity (Wildman–Crippen MR) is 104 cm³/mol. The highest BCUT2D eigenvalue weighted by Gasteiger charge is 2.34. The lowest BCUT2D eigenvalue weighted by Crippen LogP contribution is -2.50. The molecule has 1 N–H and O–H groups in total. The van der Waals surface area contributed by atoms with Gasteiger partial charge in [-0.25, -0.2) is 9.79 Å². The number of hydrogen-bond donors (Lipinski definition) is 1. The summed E-state index contributed by atoms with van der Waals surface area (Å²) in [7, 11) is 0. The lowest BCUT2D eigenvalue weighted by molar-refractivity contribution is -0.136. The van der Waals surface area contributed by atoms with Crippen molar-refractivity contribution >= 4 is 23.9 Å². The molecule has 2 amide bonds. The van der Waals surface area contributed by atoms with Gasteiger partial charge in [-0.15, -0.1) is 0 Å². The Kier molecular flexibility index (Phi) is 4.93. The van der Waals surface area contributed by atoms with Crippen molar-refractivity contribution in [3.05, 3.63) is 41.7 Å². The van der Waals surface area contributed by atoms with Gasteiger partial charge >= 0.3 is 12.2 Å². The Hall–Kier alpha value is -3.04. The molecule has 7 nitrogen and oxygen atoms in total. The fourth-order valence-corrected chi connectivity index (χ4v) is 3.53. The first-order chi connectivity index (χ1) is 13.8. The third-order valence-electron chi connectivity index (χ3n) is 5.19. The quantitative estimate of drug-likeness (QED) is 0.822. The number of anilines is 1. The molecule has 0 aromatic heterocycles. The van der Waals surface area contributed by atoms with E-state index in [9.17, 15) is 18.0 Å². The fraction of sp³-hybridized carbons (Fsp3) is 0.421. The molecule has 3 heterocycles. The second-order valence-corrected chi connectivity index (χ2v) is 7.15. The van der Waals surface area contributed by atoms with E-state index in [1.54, 1.807) is 6.34 Å². The van der Waals surface area contributed by atoms with Crippen LogP contribution >= 0.6 is 0 Å². The van der Waals surface area contributed by atoms with Crippen LogP contribution in [0.2, 0.25) is 0 Å². The van der Waals surface area contributed by atoms with Gasteiger partial charge in [-0.1, -0.05) is 12.1 Å². The van der Waals surface area contributed by atoms with Gasteiger partial charge in [0.05, 0.1) is 30.2 Å². The van der Waals surface area contributed by atoms with Gasteiger partial charge in [0.25, 0.3) is 0 Å². The van der Waals surface area contributed by atoms with Gasteiger partial charge in [-0.3, -0.25) is 4.99 Å².